The summed E-state index contributed by atoms with van der Waals surface area (Å²) in [6.07, 6.45) is 7.10. The summed E-state index contributed by atoms with van der Waals surface area (Å²) < 4.78 is 30.9. The number of nitrogens with one attached hydrogen (secondary N) is 3. The van der Waals surface area contributed by atoms with E-state index in [0.717, 1.165) is 42.6 Å². The van der Waals surface area contributed by atoms with Crippen LogP contribution >= 0.6 is 0 Å². The Morgan fingerprint density at radius 3 is 2.48 bits per heavy atom. The van der Waals surface area contributed by atoms with E-state index in [-0.39, 0.29) is 36.9 Å². The second kappa shape index (κ2) is 14.0. The molecule has 2 aliphatic rings. The number of halogens is 1. The molecular weight excluding hydrogens is 563 g/mol. The van der Waals surface area contributed by atoms with E-state index in [1.165, 1.54) is 18.6 Å². The van der Waals surface area contributed by atoms with Crippen molar-refractivity contribution in [2.45, 2.75) is 57.4 Å². The number of aromatic nitrogens is 4. The number of ether oxygens (including phenoxy) is 3. The number of nitrogens with zero attached hydrogens (tertiary/aromatic N) is 3. The molecule has 0 unspecified atom stereocenters. The largest absolute Gasteiger partial charge is 0.497 e. The lowest BCUT2D eigenvalue weighted by molar-refractivity contribution is -0.201. The van der Waals surface area contributed by atoms with Crippen LogP contribution in [0.25, 0.3) is 22.6 Å². The van der Waals surface area contributed by atoms with Gasteiger partial charge in [-0.15, -0.1) is 0 Å². The van der Waals surface area contributed by atoms with Crippen LogP contribution in [-0.4, -0.2) is 58.5 Å². The maximum atomic E-state index is 13.8. The van der Waals surface area contributed by atoms with Crippen LogP contribution in [0.15, 0.2) is 60.8 Å². The highest BCUT2D eigenvalue weighted by Gasteiger charge is 2.30. The Hall–Kier alpha value is -4.35. The summed E-state index contributed by atoms with van der Waals surface area (Å²) in [4.78, 5) is 30.1. The van der Waals surface area contributed by atoms with Gasteiger partial charge in [-0.1, -0.05) is 31.4 Å². The van der Waals surface area contributed by atoms with Crippen LogP contribution in [0.2, 0.25) is 0 Å². The van der Waals surface area contributed by atoms with Crippen LogP contribution < -0.4 is 15.4 Å². The maximum Gasteiger partial charge on any atom is 0.228 e. The van der Waals surface area contributed by atoms with E-state index in [9.17, 15) is 9.18 Å². The molecule has 0 bridgehead atoms. The van der Waals surface area contributed by atoms with E-state index in [0.29, 0.717) is 41.8 Å². The maximum absolute atomic E-state index is 13.8. The Morgan fingerprint density at radius 2 is 1.75 bits per heavy atom. The summed E-state index contributed by atoms with van der Waals surface area (Å²) in [5, 5.41) is 6.43. The van der Waals surface area contributed by atoms with E-state index in [1.54, 1.807) is 31.5 Å². The van der Waals surface area contributed by atoms with Crippen LogP contribution in [0.4, 0.5) is 10.3 Å². The van der Waals surface area contributed by atoms with Gasteiger partial charge >= 0.3 is 0 Å². The van der Waals surface area contributed by atoms with Crippen LogP contribution in [0.5, 0.6) is 5.75 Å². The molecule has 3 heterocycles. The first kappa shape index (κ1) is 29.7. The molecule has 0 spiro atoms. The molecule has 4 aromatic rings. The Kier molecular flexibility index (Phi) is 9.43. The number of benzene rings is 2. The van der Waals surface area contributed by atoms with Crippen molar-refractivity contribution < 1.29 is 23.4 Å². The number of carbonyl (C=O) groups excluding carboxylic acids is 1. The summed E-state index contributed by atoms with van der Waals surface area (Å²) in [5.74, 6) is 1.20. The van der Waals surface area contributed by atoms with Crippen molar-refractivity contribution in [3.63, 3.8) is 0 Å². The molecule has 1 amide bonds. The van der Waals surface area contributed by atoms with Gasteiger partial charge in [0.25, 0.3) is 0 Å². The fourth-order valence-corrected chi connectivity index (χ4v) is 5.56. The molecule has 1 saturated carbocycles. The summed E-state index contributed by atoms with van der Waals surface area (Å²) >= 11 is 0. The van der Waals surface area contributed by atoms with Gasteiger partial charge in [0, 0.05) is 24.3 Å². The standard InChI is InChI=1S/C33H37FN6O4/c1-42-26-13-7-21(8-14-26)18-36-33-35-16-15-27(38-33)31-30(22-9-11-24(34)12-10-22)39-28(40-31)17-29-43-19-23(20-44-29)32(41)37-25-5-3-2-4-6-25/h7-16,23,25,29H,2-6,17-20H2,1H3,(H,37,41)(H,39,40)(H,35,36,38). The van der Waals surface area contributed by atoms with Gasteiger partial charge in [-0.3, -0.25) is 4.79 Å². The van der Waals surface area contributed by atoms with Crippen LogP contribution in [0, 0.1) is 11.7 Å². The highest BCUT2D eigenvalue weighted by molar-refractivity contribution is 5.79. The number of anilines is 1. The fraction of sp³-hybridized carbons (Fsp3) is 0.394. The zero-order valence-corrected chi connectivity index (χ0v) is 24.7. The van der Waals surface area contributed by atoms with Gasteiger partial charge in [-0.05, 0) is 60.9 Å². The van der Waals surface area contributed by atoms with Gasteiger partial charge in [-0.25, -0.2) is 19.3 Å². The smallest absolute Gasteiger partial charge is 0.228 e. The molecule has 1 aliphatic carbocycles. The third-order valence-electron chi connectivity index (χ3n) is 8.04. The van der Waals surface area contributed by atoms with Crippen molar-refractivity contribution in [1.82, 2.24) is 25.3 Å². The average Bonchev–Trinajstić information content (AvgIpc) is 3.49. The minimum absolute atomic E-state index is 0.00519. The van der Waals surface area contributed by atoms with E-state index in [4.69, 9.17) is 24.2 Å². The zero-order chi connectivity index (χ0) is 30.3. The summed E-state index contributed by atoms with van der Waals surface area (Å²) in [6, 6.07) is 16.0. The summed E-state index contributed by atoms with van der Waals surface area (Å²) in [6.45, 7) is 1.11. The molecule has 11 heteroatoms. The molecule has 10 nitrogen and oxygen atoms in total. The number of amides is 1. The Bertz CT molecular complexity index is 1530. The highest BCUT2D eigenvalue weighted by atomic mass is 19.1. The van der Waals surface area contributed by atoms with Gasteiger partial charge in [-0.2, -0.15) is 0 Å². The monoisotopic (exact) mass is 600 g/mol. The van der Waals surface area contributed by atoms with Crippen molar-refractivity contribution >= 4 is 11.9 Å². The van der Waals surface area contributed by atoms with E-state index in [2.05, 4.69) is 20.6 Å². The van der Waals surface area contributed by atoms with E-state index >= 15 is 0 Å². The SMILES string of the molecule is COc1ccc(CNc2nccc(-c3[nH]c(CC4OCC(C(=O)NC5CCCCC5)CO4)nc3-c3ccc(F)cc3)n2)cc1. The number of aromatic amines is 1. The molecule has 3 N–H and O–H groups in total. The first-order valence-electron chi connectivity index (χ1n) is 15.1. The Morgan fingerprint density at radius 1 is 1.00 bits per heavy atom. The number of imidazole rings is 1. The van der Waals surface area contributed by atoms with Gasteiger partial charge in [0.2, 0.25) is 11.9 Å². The second-order valence-corrected chi connectivity index (χ2v) is 11.2. The average molecular weight is 601 g/mol. The summed E-state index contributed by atoms with van der Waals surface area (Å²) in [7, 11) is 1.64. The molecule has 0 atom stereocenters. The molecule has 2 fully saturated rings. The minimum atomic E-state index is -0.555. The number of carbonyl (C=O) groups is 1. The quantitative estimate of drug-likeness (QED) is 0.225. The molecule has 0 radical (unpaired) electrons. The molecule has 1 saturated heterocycles. The Labute approximate surface area is 255 Å². The first-order valence-corrected chi connectivity index (χ1v) is 15.1. The normalized spacial score (nSPS) is 19.0. The molecule has 6 rings (SSSR count). The van der Waals surface area contributed by atoms with Crippen molar-refractivity contribution in [2.75, 3.05) is 25.6 Å². The molecular formula is C33H37FN6O4. The van der Waals surface area contributed by atoms with Crippen molar-refractivity contribution in [3.05, 3.63) is 78.0 Å². The lowest BCUT2D eigenvalue weighted by Gasteiger charge is -2.30. The lowest BCUT2D eigenvalue weighted by atomic mass is 9.95. The van der Waals surface area contributed by atoms with Crippen LogP contribution in [0.1, 0.15) is 43.5 Å². The second-order valence-electron chi connectivity index (χ2n) is 11.2. The number of hydrogen-bond acceptors (Lipinski definition) is 8. The number of H-pyrrole nitrogens is 1. The van der Waals surface area contributed by atoms with Gasteiger partial charge in [0.1, 0.15) is 17.4 Å². The fourth-order valence-electron chi connectivity index (χ4n) is 5.56. The van der Waals surface area contributed by atoms with Gasteiger partial charge in [0.05, 0.1) is 49.7 Å². The molecule has 2 aromatic heterocycles. The molecule has 44 heavy (non-hydrogen) atoms. The topological polar surface area (TPSA) is 123 Å². The molecule has 2 aromatic carbocycles. The predicted octanol–water partition coefficient (Wildman–Crippen LogP) is 5.27. The summed E-state index contributed by atoms with van der Waals surface area (Å²) in [5.41, 5.74) is 3.71. The molecule has 1 aliphatic heterocycles. The van der Waals surface area contributed by atoms with Crippen molar-refractivity contribution in [1.29, 1.82) is 0 Å². The number of hydrogen-bond donors (Lipinski definition) is 3. The zero-order valence-electron chi connectivity index (χ0n) is 24.7. The third-order valence-corrected chi connectivity index (χ3v) is 8.04. The predicted molar refractivity (Wildman–Crippen MR) is 163 cm³/mol. The highest BCUT2D eigenvalue weighted by Crippen LogP contribution is 2.31. The van der Waals surface area contributed by atoms with Gasteiger partial charge in [0.15, 0.2) is 6.29 Å². The van der Waals surface area contributed by atoms with Crippen LogP contribution in [-0.2, 0) is 27.2 Å². The van der Waals surface area contributed by atoms with Gasteiger partial charge < -0.3 is 29.8 Å². The lowest BCUT2D eigenvalue weighted by Crippen LogP contribution is -2.46. The minimum Gasteiger partial charge on any atom is -0.497 e. The van der Waals surface area contributed by atoms with Crippen molar-refractivity contribution in [2.24, 2.45) is 5.92 Å². The first-order chi connectivity index (χ1) is 21.5. The van der Waals surface area contributed by atoms with E-state index in [1.807, 2.05) is 24.3 Å². The van der Waals surface area contributed by atoms with E-state index < -0.39 is 6.29 Å². The molecule has 230 valence electrons. The Balaban J connectivity index is 1.15. The van der Waals surface area contributed by atoms with Crippen LogP contribution in [0.3, 0.4) is 0 Å². The number of methoxy groups -OCH3 is 1. The number of rotatable bonds is 10. The third kappa shape index (κ3) is 7.40. The van der Waals surface area contributed by atoms with Crippen molar-refractivity contribution in [3.8, 4) is 28.4 Å².